The van der Waals surface area contributed by atoms with Crippen molar-refractivity contribution in [1.82, 2.24) is 15.1 Å². The van der Waals surface area contributed by atoms with Crippen LogP contribution in [0, 0.1) is 0 Å². The van der Waals surface area contributed by atoms with E-state index in [0.29, 0.717) is 18.5 Å². The normalized spacial score (nSPS) is 17.0. The molecule has 7 nitrogen and oxygen atoms in total. The number of hydrogen-bond donors (Lipinski definition) is 2. The van der Waals surface area contributed by atoms with E-state index in [9.17, 15) is 22.8 Å². The summed E-state index contributed by atoms with van der Waals surface area (Å²) in [6.45, 7) is 3.76. The van der Waals surface area contributed by atoms with E-state index in [1.165, 1.54) is 19.3 Å². The Balaban J connectivity index is 0.000000479. The summed E-state index contributed by atoms with van der Waals surface area (Å²) >= 11 is 3.42. The van der Waals surface area contributed by atoms with Gasteiger partial charge in [-0.1, -0.05) is 35.2 Å². The lowest BCUT2D eigenvalue weighted by molar-refractivity contribution is -0.192. The molecule has 0 aromatic heterocycles. The zero-order valence-electron chi connectivity index (χ0n) is 18.2. The number of nitrogens with zero attached hydrogens (tertiary/aromatic N) is 2. The molecule has 2 N–H and O–H groups in total. The first-order valence-corrected chi connectivity index (χ1v) is 11.7. The molecule has 11 heteroatoms. The second kappa shape index (κ2) is 12.9. The monoisotopic (exact) mass is 535 g/mol. The standard InChI is InChI=1S/C20H28BrN3O2.C2HF3O2/c21-17-8-6-16(7-9-17)20(26)24(18-4-2-1-3-5-18)13-10-19(25)23-14-11-22-12-15-23;3-2(4,5)1(6)7/h6-9,18,22H,1-5,10-15H2;(H,6,7). The number of alkyl halides is 3. The largest absolute Gasteiger partial charge is 0.490 e. The maximum absolute atomic E-state index is 13.1. The average molecular weight is 536 g/mol. The number of halogens is 4. The zero-order valence-corrected chi connectivity index (χ0v) is 19.8. The molecule has 1 saturated heterocycles. The van der Waals surface area contributed by atoms with Crippen LogP contribution < -0.4 is 5.32 Å². The summed E-state index contributed by atoms with van der Waals surface area (Å²) in [6.07, 6.45) is 1.00. The molecule has 1 aromatic carbocycles. The van der Waals surface area contributed by atoms with Crippen molar-refractivity contribution in [3.63, 3.8) is 0 Å². The fourth-order valence-electron chi connectivity index (χ4n) is 3.89. The lowest BCUT2D eigenvalue weighted by Crippen LogP contribution is -2.48. The molecule has 2 amide bonds. The first-order valence-electron chi connectivity index (χ1n) is 10.9. The molecule has 3 rings (SSSR count). The van der Waals surface area contributed by atoms with Gasteiger partial charge in [0.2, 0.25) is 5.91 Å². The quantitative estimate of drug-likeness (QED) is 0.600. The van der Waals surface area contributed by atoms with Crippen LogP contribution in [-0.2, 0) is 9.59 Å². The summed E-state index contributed by atoms with van der Waals surface area (Å²) in [5.74, 6) is -2.54. The van der Waals surface area contributed by atoms with Crippen LogP contribution in [0.2, 0.25) is 0 Å². The molecule has 1 aliphatic heterocycles. The highest BCUT2D eigenvalue weighted by Crippen LogP contribution is 2.25. The molecule has 0 spiro atoms. The second-order valence-corrected chi connectivity index (χ2v) is 8.90. The highest BCUT2D eigenvalue weighted by Gasteiger charge is 2.38. The molecule has 0 radical (unpaired) electrons. The van der Waals surface area contributed by atoms with Gasteiger partial charge in [-0.05, 0) is 37.1 Å². The number of aliphatic carboxylic acids is 1. The Labute approximate surface area is 199 Å². The van der Waals surface area contributed by atoms with E-state index in [2.05, 4.69) is 21.2 Å². The molecular weight excluding hydrogens is 507 g/mol. The van der Waals surface area contributed by atoms with E-state index >= 15 is 0 Å². The molecular formula is C22H29BrF3N3O4. The smallest absolute Gasteiger partial charge is 0.475 e. The third-order valence-corrected chi connectivity index (χ3v) is 6.17. The van der Waals surface area contributed by atoms with Crippen molar-refractivity contribution in [2.75, 3.05) is 32.7 Å². The highest BCUT2D eigenvalue weighted by molar-refractivity contribution is 9.10. The van der Waals surface area contributed by atoms with Gasteiger partial charge in [0.1, 0.15) is 0 Å². The van der Waals surface area contributed by atoms with Crippen LogP contribution >= 0.6 is 15.9 Å². The van der Waals surface area contributed by atoms with E-state index in [4.69, 9.17) is 9.90 Å². The summed E-state index contributed by atoms with van der Waals surface area (Å²) < 4.78 is 32.7. The first-order chi connectivity index (χ1) is 15.6. The number of carboxylic acid groups (broad SMARTS) is 1. The van der Waals surface area contributed by atoms with Gasteiger partial charge in [-0.15, -0.1) is 0 Å². The number of carbonyl (C=O) groups excluding carboxylic acids is 2. The molecule has 1 aromatic rings. The lowest BCUT2D eigenvalue weighted by atomic mass is 9.93. The van der Waals surface area contributed by atoms with E-state index in [1.807, 2.05) is 34.1 Å². The van der Waals surface area contributed by atoms with Crippen molar-refractivity contribution < 1.29 is 32.7 Å². The summed E-state index contributed by atoms with van der Waals surface area (Å²) in [7, 11) is 0. The Morgan fingerprint density at radius 3 is 2.12 bits per heavy atom. The number of hydrogen-bond acceptors (Lipinski definition) is 4. The highest BCUT2D eigenvalue weighted by atomic mass is 79.9. The van der Waals surface area contributed by atoms with Gasteiger partial charge in [0.05, 0.1) is 0 Å². The van der Waals surface area contributed by atoms with Crippen molar-refractivity contribution in [3.05, 3.63) is 34.3 Å². The van der Waals surface area contributed by atoms with Crippen LogP contribution in [0.4, 0.5) is 13.2 Å². The molecule has 0 bridgehead atoms. The Morgan fingerprint density at radius 2 is 1.61 bits per heavy atom. The van der Waals surface area contributed by atoms with Crippen molar-refractivity contribution in [3.8, 4) is 0 Å². The SMILES string of the molecule is O=C(CCN(C(=O)c1ccc(Br)cc1)C1CCCCC1)N1CCNCC1.O=C(O)C(F)(F)F. The average Bonchev–Trinajstić information content (AvgIpc) is 2.80. The Morgan fingerprint density at radius 1 is 1.06 bits per heavy atom. The fraction of sp³-hybridized carbons (Fsp3) is 0.591. The maximum atomic E-state index is 13.1. The number of rotatable bonds is 5. The van der Waals surface area contributed by atoms with E-state index in [1.54, 1.807) is 0 Å². The van der Waals surface area contributed by atoms with Crippen LogP contribution in [-0.4, -0.2) is 77.6 Å². The van der Waals surface area contributed by atoms with Crippen molar-refractivity contribution in [1.29, 1.82) is 0 Å². The van der Waals surface area contributed by atoms with Crippen molar-refractivity contribution in [2.24, 2.45) is 0 Å². The minimum Gasteiger partial charge on any atom is -0.475 e. The summed E-state index contributed by atoms with van der Waals surface area (Å²) in [5.41, 5.74) is 0.702. The minimum atomic E-state index is -5.08. The predicted octanol–water partition coefficient (Wildman–Crippen LogP) is 3.68. The van der Waals surface area contributed by atoms with Gasteiger partial charge in [-0.25, -0.2) is 4.79 Å². The third-order valence-electron chi connectivity index (χ3n) is 5.65. The second-order valence-electron chi connectivity index (χ2n) is 7.98. The number of amides is 2. The van der Waals surface area contributed by atoms with E-state index in [0.717, 1.165) is 43.5 Å². The topological polar surface area (TPSA) is 90.0 Å². The van der Waals surface area contributed by atoms with Gasteiger partial charge in [0.15, 0.2) is 0 Å². The molecule has 2 aliphatic rings. The van der Waals surface area contributed by atoms with Crippen LogP contribution in [0.15, 0.2) is 28.7 Å². The fourth-order valence-corrected chi connectivity index (χ4v) is 4.15. The molecule has 2 fully saturated rings. The zero-order chi connectivity index (χ0) is 24.4. The Hall–Kier alpha value is -2.14. The van der Waals surface area contributed by atoms with E-state index < -0.39 is 12.1 Å². The minimum absolute atomic E-state index is 0.0533. The summed E-state index contributed by atoms with van der Waals surface area (Å²) in [6, 6.07) is 7.78. The number of benzene rings is 1. The summed E-state index contributed by atoms with van der Waals surface area (Å²) in [5, 5.41) is 10.4. The summed E-state index contributed by atoms with van der Waals surface area (Å²) in [4.78, 5) is 38.4. The van der Waals surface area contributed by atoms with Gasteiger partial charge in [-0.2, -0.15) is 13.2 Å². The van der Waals surface area contributed by atoms with Crippen LogP contribution in [0.1, 0.15) is 48.9 Å². The van der Waals surface area contributed by atoms with Crippen LogP contribution in [0.3, 0.4) is 0 Å². The predicted molar refractivity (Wildman–Crippen MR) is 120 cm³/mol. The molecule has 1 aliphatic carbocycles. The molecule has 0 unspecified atom stereocenters. The van der Waals surface area contributed by atoms with Gasteiger partial charge in [0.25, 0.3) is 5.91 Å². The molecule has 184 valence electrons. The molecule has 0 atom stereocenters. The maximum Gasteiger partial charge on any atom is 0.490 e. The molecule has 1 saturated carbocycles. The van der Waals surface area contributed by atoms with Crippen molar-refractivity contribution >= 4 is 33.7 Å². The van der Waals surface area contributed by atoms with Gasteiger partial charge >= 0.3 is 12.1 Å². The molecule has 33 heavy (non-hydrogen) atoms. The Kier molecular flexibility index (Phi) is 10.6. The van der Waals surface area contributed by atoms with Crippen LogP contribution in [0.25, 0.3) is 0 Å². The number of piperazine rings is 1. The number of carboxylic acids is 1. The van der Waals surface area contributed by atoms with E-state index in [-0.39, 0.29) is 17.9 Å². The van der Waals surface area contributed by atoms with Crippen molar-refractivity contribution in [2.45, 2.75) is 50.7 Å². The van der Waals surface area contributed by atoms with Gasteiger partial charge in [-0.3, -0.25) is 9.59 Å². The third kappa shape index (κ3) is 8.96. The first kappa shape index (κ1) is 27.1. The van der Waals surface area contributed by atoms with Gasteiger partial charge in [0, 0.05) is 55.2 Å². The lowest BCUT2D eigenvalue weighted by Gasteiger charge is -2.35. The number of carbonyl (C=O) groups is 3. The molecule has 1 heterocycles. The number of nitrogens with one attached hydrogen (secondary N) is 1. The van der Waals surface area contributed by atoms with Crippen LogP contribution in [0.5, 0.6) is 0 Å². The van der Waals surface area contributed by atoms with Gasteiger partial charge < -0.3 is 20.2 Å². The Bertz CT molecular complexity index is 793.